The van der Waals surface area contributed by atoms with E-state index >= 15 is 0 Å². The lowest BCUT2D eigenvalue weighted by atomic mass is 9.47. The second-order valence-electron chi connectivity index (χ2n) is 13.2. The quantitative estimate of drug-likeness (QED) is 0.389. The van der Waals surface area contributed by atoms with Gasteiger partial charge in [-0.15, -0.1) is 0 Å². The van der Waals surface area contributed by atoms with E-state index in [-0.39, 0.29) is 24.0 Å². The molecule has 4 N–H and O–H groups in total. The first-order valence-corrected chi connectivity index (χ1v) is 14.5. The van der Waals surface area contributed by atoms with Gasteiger partial charge in [-0.3, -0.25) is 4.79 Å². The first kappa shape index (κ1) is 26.2. The zero-order chi connectivity index (χ0) is 24.7. The predicted octanol–water partition coefficient (Wildman–Crippen LogP) is 5.83. The van der Waals surface area contributed by atoms with Crippen LogP contribution in [-0.2, 0) is 4.79 Å². The molecule has 10 atom stereocenters. The molecule has 4 aliphatic carbocycles. The molecule has 194 valence electrons. The number of fused-ring (bicyclic) bond motifs is 5. The van der Waals surface area contributed by atoms with Crippen molar-refractivity contribution in [3.63, 3.8) is 0 Å². The minimum Gasteiger partial charge on any atom is -0.393 e. The number of aliphatic hydroxyl groups excluding tert-OH is 1. The van der Waals surface area contributed by atoms with Crippen molar-refractivity contribution in [3.05, 3.63) is 11.6 Å². The molecule has 0 saturated heterocycles. The molecule has 1 amide bonds. The average molecular weight is 473 g/mol. The molecule has 4 aliphatic rings. The third-order valence-electron chi connectivity index (χ3n) is 11.4. The Balaban J connectivity index is 1.36. The number of allylic oxidation sites excluding steroid dienone is 1. The molecule has 3 saturated carbocycles. The summed E-state index contributed by atoms with van der Waals surface area (Å²) in [5.41, 5.74) is 8.60. The maximum atomic E-state index is 12.1. The highest BCUT2D eigenvalue weighted by Crippen LogP contribution is 2.67. The van der Waals surface area contributed by atoms with Crippen molar-refractivity contribution in [2.45, 2.75) is 117 Å². The summed E-state index contributed by atoms with van der Waals surface area (Å²) in [6.07, 6.45) is 15.8. The first-order chi connectivity index (χ1) is 16.1. The molecule has 0 heterocycles. The number of rotatable bonds is 8. The minimum atomic E-state index is -0.384. The Morgan fingerprint density at radius 2 is 1.91 bits per heavy atom. The molecular formula is C30H52N2O2. The van der Waals surface area contributed by atoms with Gasteiger partial charge in [-0.05, 0) is 111 Å². The van der Waals surface area contributed by atoms with Crippen LogP contribution >= 0.6 is 0 Å². The van der Waals surface area contributed by atoms with Crippen molar-refractivity contribution in [2.75, 3.05) is 6.54 Å². The van der Waals surface area contributed by atoms with Crippen LogP contribution in [0.5, 0.6) is 0 Å². The molecular weight excluding hydrogens is 420 g/mol. The molecule has 34 heavy (non-hydrogen) atoms. The third kappa shape index (κ3) is 4.63. The predicted molar refractivity (Wildman–Crippen MR) is 140 cm³/mol. The molecule has 4 nitrogen and oxygen atoms in total. The zero-order valence-electron chi connectivity index (χ0n) is 22.6. The number of likely N-dealkylation sites (N-methyl/N-ethyl adjacent to an activating group) is 1. The molecule has 4 rings (SSSR count). The number of aliphatic hydroxyl groups is 1. The van der Waals surface area contributed by atoms with Crippen molar-refractivity contribution in [2.24, 2.45) is 52.1 Å². The highest BCUT2D eigenvalue weighted by molar-refractivity contribution is 5.81. The number of carbonyl (C=O) groups is 1. The van der Waals surface area contributed by atoms with Gasteiger partial charge < -0.3 is 16.2 Å². The van der Waals surface area contributed by atoms with E-state index < -0.39 is 0 Å². The van der Waals surface area contributed by atoms with Gasteiger partial charge in [-0.1, -0.05) is 52.2 Å². The summed E-state index contributed by atoms with van der Waals surface area (Å²) >= 11 is 0. The Kier molecular flexibility index (Phi) is 7.89. The Hall–Kier alpha value is -0.870. The fourth-order valence-electron chi connectivity index (χ4n) is 9.31. The van der Waals surface area contributed by atoms with Gasteiger partial charge in [0, 0.05) is 6.54 Å². The van der Waals surface area contributed by atoms with E-state index in [2.05, 4.69) is 39.1 Å². The standard InChI is InChI=1S/C30H52N2O2/c1-6-32-28(34)27(31)20(3)9-7-8-19(2)24-12-13-25-23-11-10-21-18-22(33)14-16-29(21,4)26(23)15-17-30(24,25)5/h10,19-20,22-27,33H,6-9,11-18,31H2,1-5H3,(H,32,34)/t19-,20?,22+,23+,24-,25+,26+,27?,29+,30-/m1/s1. The summed E-state index contributed by atoms with van der Waals surface area (Å²) in [4.78, 5) is 12.1. The van der Waals surface area contributed by atoms with Crippen LogP contribution in [0.1, 0.15) is 105 Å². The molecule has 0 aromatic rings. The van der Waals surface area contributed by atoms with Crippen LogP contribution in [0.4, 0.5) is 0 Å². The smallest absolute Gasteiger partial charge is 0.237 e. The van der Waals surface area contributed by atoms with Crippen molar-refractivity contribution < 1.29 is 9.90 Å². The SMILES string of the molecule is CCNC(=O)C(N)C(C)CCC[C@@H](C)[C@H]1CC[C@H]2[C@@H]3CC=C4C[C@@H](O)CC[C@]4(C)[C@H]3CC[C@]12C. The highest BCUT2D eigenvalue weighted by Gasteiger charge is 2.59. The Morgan fingerprint density at radius 3 is 2.65 bits per heavy atom. The van der Waals surface area contributed by atoms with Crippen LogP contribution in [0, 0.1) is 46.3 Å². The van der Waals surface area contributed by atoms with Crippen LogP contribution < -0.4 is 11.1 Å². The van der Waals surface area contributed by atoms with Crippen molar-refractivity contribution in [1.82, 2.24) is 5.32 Å². The zero-order valence-corrected chi connectivity index (χ0v) is 22.6. The van der Waals surface area contributed by atoms with Crippen LogP contribution in [0.2, 0.25) is 0 Å². The van der Waals surface area contributed by atoms with Crippen molar-refractivity contribution >= 4 is 5.91 Å². The van der Waals surface area contributed by atoms with Gasteiger partial charge in [-0.2, -0.15) is 0 Å². The van der Waals surface area contributed by atoms with Crippen LogP contribution in [0.25, 0.3) is 0 Å². The molecule has 3 fully saturated rings. The number of hydrogen-bond acceptors (Lipinski definition) is 3. The molecule has 4 heteroatoms. The molecule has 0 aromatic carbocycles. The summed E-state index contributed by atoms with van der Waals surface area (Å²) in [6.45, 7) is 12.4. The molecule has 0 spiro atoms. The van der Waals surface area contributed by atoms with E-state index in [1.807, 2.05) is 6.92 Å². The largest absolute Gasteiger partial charge is 0.393 e. The van der Waals surface area contributed by atoms with Gasteiger partial charge in [0.05, 0.1) is 12.1 Å². The number of carbonyl (C=O) groups excluding carboxylic acids is 1. The highest BCUT2D eigenvalue weighted by atomic mass is 16.3. The average Bonchev–Trinajstić information content (AvgIpc) is 3.16. The monoisotopic (exact) mass is 472 g/mol. The molecule has 0 aromatic heterocycles. The van der Waals surface area contributed by atoms with Gasteiger partial charge in [0.25, 0.3) is 0 Å². The minimum absolute atomic E-state index is 0.00295. The number of nitrogens with two attached hydrogens (primary N) is 1. The Labute approximate surface area is 208 Å². The lowest BCUT2D eigenvalue weighted by molar-refractivity contribution is -0.123. The van der Waals surface area contributed by atoms with Gasteiger partial charge in [0.15, 0.2) is 0 Å². The summed E-state index contributed by atoms with van der Waals surface area (Å²) in [5.74, 6) is 4.34. The van der Waals surface area contributed by atoms with E-state index in [9.17, 15) is 9.90 Å². The molecule has 0 radical (unpaired) electrons. The fourth-order valence-corrected chi connectivity index (χ4v) is 9.31. The topological polar surface area (TPSA) is 75.4 Å². The first-order valence-electron chi connectivity index (χ1n) is 14.5. The summed E-state index contributed by atoms with van der Waals surface area (Å²) in [7, 11) is 0. The molecule has 0 bridgehead atoms. The van der Waals surface area contributed by atoms with Crippen LogP contribution in [0.3, 0.4) is 0 Å². The second-order valence-corrected chi connectivity index (χ2v) is 13.2. The summed E-state index contributed by atoms with van der Waals surface area (Å²) in [5, 5.41) is 13.1. The number of hydrogen-bond donors (Lipinski definition) is 3. The number of nitrogens with one attached hydrogen (secondary N) is 1. The van der Waals surface area contributed by atoms with Crippen LogP contribution in [0.15, 0.2) is 11.6 Å². The van der Waals surface area contributed by atoms with E-state index in [0.29, 0.717) is 17.4 Å². The third-order valence-corrected chi connectivity index (χ3v) is 11.4. The molecule has 2 unspecified atom stereocenters. The Bertz CT molecular complexity index is 765. The van der Waals surface area contributed by atoms with Crippen molar-refractivity contribution in [3.8, 4) is 0 Å². The summed E-state index contributed by atoms with van der Waals surface area (Å²) < 4.78 is 0. The van der Waals surface area contributed by atoms with Gasteiger partial charge in [-0.25, -0.2) is 0 Å². The lowest BCUT2D eigenvalue weighted by Gasteiger charge is -2.58. The fraction of sp³-hybridized carbons (Fsp3) is 0.900. The van der Waals surface area contributed by atoms with Gasteiger partial charge >= 0.3 is 0 Å². The maximum absolute atomic E-state index is 12.1. The van der Waals surface area contributed by atoms with E-state index in [0.717, 1.165) is 48.9 Å². The normalized spacial score (nSPS) is 42.0. The maximum Gasteiger partial charge on any atom is 0.237 e. The van der Waals surface area contributed by atoms with E-state index in [4.69, 9.17) is 5.73 Å². The van der Waals surface area contributed by atoms with Crippen molar-refractivity contribution in [1.29, 1.82) is 0 Å². The van der Waals surface area contributed by atoms with Gasteiger partial charge in [0.1, 0.15) is 0 Å². The number of amides is 1. The van der Waals surface area contributed by atoms with E-state index in [1.165, 1.54) is 51.4 Å². The van der Waals surface area contributed by atoms with Crippen LogP contribution in [-0.4, -0.2) is 29.7 Å². The molecule has 0 aliphatic heterocycles. The second kappa shape index (κ2) is 10.2. The van der Waals surface area contributed by atoms with Gasteiger partial charge in [0.2, 0.25) is 5.91 Å². The Morgan fingerprint density at radius 1 is 1.15 bits per heavy atom. The summed E-state index contributed by atoms with van der Waals surface area (Å²) in [6, 6.07) is -0.384. The van der Waals surface area contributed by atoms with E-state index in [1.54, 1.807) is 5.57 Å². The lowest BCUT2D eigenvalue weighted by Crippen LogP contribution is -2.50.